The van der Waals surface area contributed by atoms with Crippen molar-refractivity contribution in [1.82, 2.24) is 4.72 Å². The van der Waals surface area contributed by atoms with Crippen molar-refractivity contribution in [3.63, 3.8) is 0 Å². The van der Waals surface area contributed by atoms with Crippen LogP contribution in [-0.2, 0) is 16.4 Å². The first kappa shape index (κ1) is 23.7. The number of fused-ring (bicyclic) bond motifs is 4. The topological polar surface area (TPSA) is 136 Å². The van der Waals surface area contributed by atoms with Gasteiger partial charge < -0.3 is 18.7 Å². The van der Waals surface area contributed by atoms with Crippen LogP contribution in [0.15, 0.2) is 108 Å². The standard InChI is InChI=1S/C28H19NO8S/c30-21-10-6-12-23-25(21)16(15-24(31)35-23)13-17-14-20-26(37-28(17)32)19-9-4-5-11-22(19)36-27(20)29-38(33,34)18-7-2-1-3-8-18/h1-12,14-15,27,29-30H,13H2. The lowest BCUT2D eigenvalue weighted by atomic mass is 9.97. The Labute approximate surface area is 215 Å². The Kier molecular flexibility index (Phi) is 5.63. The van der Waals surface area contributed by atoms with Crippen LogP contribution in [0.5, 0.6) is 11.5 Å². The summed E-state index contributed by atoms with van der Waals surface area (Å²) in [5.41, 5.74) is 0.0961. The summed E-state index contributed by atoms with van der Waals surface area (Å²) >= 11 is 0. The van der Waals surface area contributed by atoms with Gasteiger partial charge in [0.2, 0.25) is 10.0 Å². The van der Waals surface area contributed by atoms with Crippen molar-refractivity contribution in [2.75, 3.05) is 0 Å². The average molecular weight is 530 g/mol. The number of phenols is 1. The number of sulfonamides is 1. The molecule has 2 N–H and O–H groups in total. The lowest BCUT2D eigenvalue weighted by Gasteiger charge is -2.28. The lowest BCUT2D eigenvalue weighted by molar-refractivity contribution is 0.185. The number of benzene rings is 3. The van der Waals surface area contributed by atoms with Crippen LogP contribution in [0.1, 0.15) is 22.9 Å². The summed E-state index contributed by atoms with van der Waals surface area (Å²) in [4.78, 5) is 25.3. The SMILES string of the molecule is O=c1cc(Cc2cc3c(oc2=O)-c2ccccc2OC3NS(=O)(=O)c2ccccc2)c2c(O)cccc2o1. The van der Waals surface area contributed by atoms with Crippen molar-refractivity contribution in [1.29, 1.82) is 0 Å². The molecule has 3 heterocycles. The van der Waals surface area contributed by atoms with Gasteiger partial charge in [-0.05, 0) is 48.0 Å². The summed E-state index contributed by atoms with van der Waals surface area (Å²) in [5.74, 6) is 0.393. The Balaban J connectivity index is 1.48. The summed E-state index contributed by atoms with van der Waals surface area (Å²) in [5, 5.41) is 10.7. The van der Waals surface area contributed by atoms with Crippen LogP contribution in [0.25, 0.3) is 22.3 Å². The first-order chi connectivity index (χ1) is 18.3. The lowest BCUT2D eigenvalue weighted by Crippen LogP contribution is -2.34. The molecule has 1 unspecified atom stereocenters. The maximum Gasteiger partial charge on any atom is 0.339 e. The zero-order valence-corrected chi connectivity index (χ0v) is 20.4. The predicted molar refractivity (Wildman–Crippen MR) is 138 cm³/mol. The fourth-order valence-electron chi connectivity index (χ4n) is 4.53. The molecule has 3 aromatic carbocycles. The largest absolute Gasteiger partial charge is 0.507 e. The summed E-state index contributed by atoms with van der Waals surface area (Å²) in [6.45, 7) is 0. The van der Waals surface area contributed by atoms with Crippen molar-refractivity contribution < 1.29 is 27.1 Å². The molecule has 38 heavy (non-hydrogen) atoms. The van der Waals surface area contributed by atoms with Crippen molar-refractivity contribution in [2.45, 2.75) is 17.5 Å². The van der Waals surface area contributed by atoms with E-state index < -0.39 is 27.5 Å². The van der Waals surface area contributed by atoms with Crippen molar-refractivity contribution >= 4 is 21.0 Å². The van der Waals surface area contributed by atoms with E-state index in [1.165, 1.54) is 42.5 Å². The first-order valence-electron chi connectivity index (χ1n) is 11.6. The molecule has 0 radical (unpaired) electrons. The number of para-hydroxylation sites is 1. The summed E-state index contributed by atoms with van der Waals surface area (Å²) < 4.78 is 45.7. The molecular formula is C28H19NO8S. The zero-order chi connectivity index (χ0) is 26.4. The van der Waals surface area contributed by atoms with Crippen molar-refractivity contribution in [2.24, 2.45) is 0 Å². The normalized spacial score (nSPS) is 14.5. The molecule has 9 nitrogen and oxygen atoms in total. The number of hydrogen-bond donors (Lipinski definition) is 2. The van der Waals surface area contributed by atoms with Crippen molar-refractivity contribution in [3.05, 3.63) is 122 Å². The summed E-state index contributed by atoms with van der Waals surface area (Å²) in [6, 6.07) is 21.8. The highest BCUT2D eigenvalue weighted by Crippen LogP contribution is 2.41. The number of ether oxygens (including phenoxy) is 1. The molecule has 0 bridgehead atoms. The predicted octanol–water partition coefficient (Wildman–Crippen LogP) is 4.08. The third kappa shape index (κ3) is 4.15. The van der Waals surface area contributed by atoms with Crippen LogP contribution < -0.4 is 20.7 Å². The zero-order valence-electron chi connectivity index (χ0n) is 19.6. The van der Waals surface area contributed by atoms with E-state index in [9.17, 15) is 23.1 Å². The molecule has 190 valence electrons. The van der Waals surface area contributed by atoms with Crippen LogP contribution in [0.3, 0.4) is 0 Å². The third-order valence-corrected chi connectivity index (χ3v) is 7.65. The summed E-state index contributed by atoms with van der Waals surface area (Å²) in [7, 11) is -4.01. The van der Waals surface area contributed by atoms with Gasteiger partial charge in [-0.2, -0.15) is 4.72 Å². The van der Waals surface area contributed by atoms with Gasteiger partial charge in [-0.1, -0.05) is 36.4 Å². The minimum atomic E-state index is -4.01. The Morgan fingerprint density at radius 3 is 2.42 bits per heavy atom. The highest BCUT2D eigenvalue weighted by Gasteiger charge is 2.33. The Morgan fingerprint density at radius 2 is 1.61 bits per heavy atom. The smallest absolute Gasteiger partial charge is 0.339 e. The Hall–Kier alpha value is -4.67. The minimum absolute atomic E-state index is 0.0413. The number of rotatable bonds is 5. The molecule has 0 aliphatic carbocycles. The fourth-order valence-corrected chi connectivity index (χ4v) is 5.63. The summed E-state index contributed by atoms with van der Waals surface area (Å²) in [6.07, 6.45) is -1.30. The fraction of sp³-hybridized carbons (Fsp3) is 0.0714. The van der Waals surface area contributed by atoms with Gasteiger partial charge in [-0.15, -0.1) is 0 Å². The van der Waals surface area contributed by atoms with E-state index >= 15 is 0 Å². The molecule has 5 aromatic rings. The van der Waals surface area contributed by atoms with E-state index in [4.69, 9.17) is 13.6 Å². The van der Waals surface area contributed by atoms with E-state index in [1.807, 2.05) is 0 Å². The Bertz CT molecular complexity index is 1930. The van der Waals surface area contributed by atoms with Gasteiger partial charge in [-0.3, -0.25) is 0 Å². The molecule has 1 aliphatic rings. The van der Waals surface area contributed by atoms with Crippen LogP contribution in [0, 0.1) is 0 Å². The van der Waals surface area contributed by atoms with E-state index in [0.717, 1.165) is 0 Å². The van der Waals surface area contributed by atoms with E-state index in [-0.39, 0.29) is 44.9 Å². The maximum absolute atomic E-state index is 13.1. The van der Waals surface area contributed by atoms with Crippen LogP contribution in [-0.4, -0.2) is 13.5 Å². The molecule has 1 atom stereocenters. The monoisotopic (exact) mass is 529 g/mol. The second kappa shape index (κ2) is 9.02. The van der Waals surface area contributed by atoms with Gasteiger partial charge >= 0.3 is 11.3 Å². The molecule has 10 heteroatoms. The van der Waals surface area contributed by atoms with Crippen LogP contribution in [0.4, 0.5) is 0 Å². The molecule has 0 amide bonds. The molecule has 0 saturated carbocycles. The van der Waals surface area contributed by atoms with E-state index in [2.05, 4.69) is 4.72 Å². The molecule has 0 fully saturated rings. The number of nitrogens with one attached hydrogen (secondary N) is 1. The van der Waals surface area contributed by atoms with E-state index in [1.54, 1.807) is 42.5 Å². The van der Waals surface area contributed by atoms with Gasteiger partial charge in [0, 0.05) is 18.1 Å². The number of phenolic OH excluding ortho intramolecular Hbond substituents is 1. The second-order valence-electron chi connectivity index (χ2n) is 8.69. The molecule has 2 aromatic heterocycles. The first-order valence-corrected chi connectivity index (χ1v) is 13.0. The highest BCUT2D eigenvalue weighted by molar-refractivity contribution is 7.89. The Morgan fingerprint density at radius 1 is 0.842 bits per heavy atom. The molecule has 1 aliphatic heterocycles. The van der Waals surface area contributed by atoms with Gasteiger partial charge in [-0.25, -0.2) is 18.0 Å². The average Bonchev–Trinajstić information content (AvgIpc) is 2.89. The second-order valence-corrected chi connectivity index (χ2v) is 10.4. The highest BCUT2D eigenvalue weighted by atomic mass is 32.2. The van der Waals surface area contributed by atoms with Crippen LogP contribution in [0.2, 0.25) is 0 Å². The maximum atomic E-state index is 13.1. The number of aromatic hydroxyl groups is 1. The van der Waals surface area contributed by atoms with Gasteiger partial charge in [0.15, 0.2) is 12.0 Å². The third-order valence-electron chi connectivity index (χ3n) is 6.23. The quantitative estimate of drug-likeness (QED) is 0.325. The molecule has 6 rings (SSSR count). The van der Waals surface area contributed by atoms with Crippen molar-refractivity contribution in [3.8, 4) is 22.8 Å². The van der Waals surface area contributed by atoms with Crippen LogP contribution >= 0.6 is 0 Å². The van der Waals surface area contributed by atoms with E-state index in [0.29, 0.717) is 16.9 Å². The van der Waals surface area contributed by atoms with Gasteiger partial charge in [0.25, 0.3) is 0 Å². The van der Waals surface area contributed by atoms with Gasteiger partial charge in [0.1, 0.15) is 17.1 Å². The molecule has 0 spiro atoms. The molecule has 0 saturated heterocycles. The minimum Gasteiger partial charge on any atom is -0.507 e. The van der Waals surface area contributed by atoms with Gasteiger partial charge in [0.05, 0.1) is 21.4 Å². The molecular weight excluding hydrogens is 510 g/mol. The number of hydrogen-bond acceptors (Lipinski definition) is 8.